The van der Waals surface area contributed by atoms with Crippen molar-refractivity contribution >= 4 is 39.7 Å². The summed E-state index contributed by atoms with van der Waals surface area (Å²) in [5.74, 6) is 0.332. The van der Waals surface area contributed by atoms with E-state index >= 15 is 0 Å². The number of ether oxygens (including phenoxy) is 1. The first-order valence-corrected chi connectivity index (χ1v) is 9.34. The molecule has 0 radical (unpaired) electrons. The fourth-order valence-corrected chi connectivity index (χ4v) is 2.91. The van der Waals surface area contributed by atoms with Crippen LogP contribution >= 0.6 is 27.5 Å². The average Bonchev–Trinajstić information content (AvgIpc) is 2.68. The van der Waals surface area contributed by atoms with E-state index in [9.17, 15) is 4.79 Å². The maximum atomic E-state index is 12.1. The van der Waals surface area contributed by atoms with Gasteiger partial charge in [0.2, 0.25) is 0 Å². The van der Waals surface area contributed by atoms with Crippen LogP contribution in [0.2, 0.25) is 5.02 Å². The molecule has 0 aliphatic rings. The molecule has 0 unspecified atom stereocenters. The summed E-state index contributed by atoms with van der Waals surface area (Å²) in [6.45, 7) is 0.443. The Bertz CT molecular complexity index is 961. The number of hydrogen-bond donors (Lipinski definition) is 1. The van der Waals surface area contributed by atoms with Gasteiger partial charge in [0.1, 0.15) is 12.4 Å². The van der Waals surface area contributed by atoms with Gasteiger partial charge in [-0.25, -0.2) is 5.43 Å². The molecule has 3 aromatic rings. The van der Waals surface area contributed by atoms with Crippen molar-refractivity contribution in [2.24, 2.45) is 5.10 Å². The fourth-order valence-electron chi connectivity index (χ4n) is 2.34. The second-order valence-electron chi connectivity index (χ2n) is 5.67. The molecule has 6 heteroatoms. The molecule has 0 saturated carbocycles. The number of carbonyl (C=O) groups is 1. The first-order chi connectivity index (χ1) is 13.1. The van der Waals surface area contributed by atoms with E-state index in [1.54, 1.807) is 30.5 Å². The Hall–Kier alpha value is -2.63. The third-order valence-electron chi connectivity index (χ3n) is 3.67. The minimum Gasteiger partial charge on any atom is -0.488 e. The van der Waals surface area contributed by atoms with Crippen LogP contribution in [-0.2, 0) is 6.61 Å². The topological polar surface area (TPSA) is 50.7 Å². The predicted molar refractivity (Wildman–Crippen MR) is 111 cm³/mol. The summed E-state index contributed by atoms with van der Waals surface area (Å²) >= 11 is 9.34. The van der Waals surface area contributed by atoms with Crippen molar-refractivity contribution in [3.63, 3.8) is 0 Å². The van der Waals surface area contributed by atoms with Crippen LogP contribution in [0, 0.1) is 0 Å². The highest BCUT2D eigenvalue weighted by Gasteiger charge is 2.06. The number of benzene rings is 3. The maximum absolute atomic E-state index is 12.1. The molecule has 1 N–H and O–H groups in total. The summed E-state index contributed by atoms with van der Waals surface area (Å²) in [6, 6.07) is 22.2. The van der Waals surface area contributed by atoms with Crippen LogP contribution in [0.1, 0.15) is 21.5 Å². The predicted octanol–water partition coefficient (Wildman–Crippen LogP) is 5.45. The highest BCUT2D eigenvalue weighted by molar-refractivity contribution is 9.10. The van der Waals surface area contributed by atoms with Gasteiger partial charge in [0, 0.05) is 20.6 Å². The summed E-state index contributed by atoms with van der Waals surface area (Å²) < 4.78 is 6.78. The number of carbonyl (C=O) groups excluding carboxylic acids is 1. The molecule has 0 spiro atoms. The SMILES string of the molecule is O=C(N/N=C\c1cc(Br)ccc1OCc1ccccc1)c1cccc(Cl)c1. The van der Waals surface area contributed by atoms with Gasteiger partial charge < -0.3 is 4.74 Å². The van der Waals surface area contributed by atoms with Crippen molar-refractivity contribution in [1.29, 1.82) is 0 Å². The van der Waals surface area contributed by atoms with Crippen LogP contribution in [0.5, 0.6) is 5.75 Å². The van der Waals surface area contributed by atoms with Gasteiger partial charge in [0.15, 0.2) is 0 Å². The van der Waals surface area contributed by atoms with Gasteiger partial charge >= 0.3 is 0 Å². The van der Waals surface area contributed by atoms with E-state index in [0.29, 0.717) is 22.9 Å². The van der Waals surface area contributed by atoms with Crippen molar-refractivity contribution in [3.8, 4) is 5.75 Å². The molecule has 3 aromatic carbocycles. The Kier molecular flexibility index (Phi) is 6.63. The van der Waals surface area contributed by atoms with Crippen molar-refractivity contribution in [3.05, 3.63) is 99.0 Å². The van der Waals surface area contributed by atoms with Crippen LogP contribution in [-0.4, -0.2) is 12.1 Å². The third-order valence-corrected chi connectivity index (χ3v) is 4.39. The zero-order valence-electron chi connectivity index (χ0n) is 14.2. The Balaban J connectivity index is 1.69. The van der Waals surface area contributed by atoms with Crippen LogP contribution in [0.25, 0.3) is 0 Å². The molecule has 0 saturated heterocycles. The smallest absolute Gasteiger partial charge is 0.271 e. The minimum atomic E-state index is -0.337. The lowest BCUT2D eigenvalue weighted by molar-refractivity contribution is 0.0955. The molecular weight excluding hydrogens is 428 g/mol. The molecule has 0 aliphatic carbocycles. The minimum absolute atomic E-state index is 0.337. The number of hydrazone groups is 1. The lowest BCUT2D eigenvalue weighted by Gasteiger charge is -2.09. The Labute approximate surface area is 171 Å². The van der Waals surface area contributed by atoms with E-state index in [-0.39, 0.29) is 5.91 Å². The summed E-state index contributed by atoms with van der Waals surface area (Å²) in [5, 5.41) is 4.53. The van der Waals surface area contributed by atoms with E-state index in [2.05, 4.69) is 26.5 Å². The molecule has 0 heterocycles. The Morgan fingerprint density at radius 2 is 1.89 bits per heavy atom. The molecule has 0 aliphatic heterocycles. The lowest BCUT2D eigenvalue weighted by Crippen LogP contribution is -2.17. The second-order valence-corrected chi connectivity index (χ2v) is 7.02. The second kappa shape index (κ2) is 9.35. The van der Waals surface area contributed by atoms with Crippen LogP contribution < -0.4 is 10.2 Å². The number of rotatable bonds is 6. The van der Waals surface area contributed by atoms with Crippen molar-refractivity contribution in [1.82, 2.24) is 5.43 Å². The molecule has 3 rings (SSSR count). The molecule has 1 amide bonds. The van der Waals surface area contributed by atoms with E-state index < -0.39 is 0 Å². The monoisotopic (exact) mass is 442 g/mol. The number of halogens is 2. The third kappa shape index (κ3) is 5.67. The van der Waals surface area contributed by atoms with Gasteiger partial charge in [-0.15, -0.1) is 0 Å². The van der Waals surface area contributed by atoms with E-state index in [0.717, 1.165) is 15.6 Å². The Morgan fingerprint density at radius 3 is 2.67 bits per heavy atom. The molecule has 0 bridgehead atoms. The van der Waals surface area contributed by atoms with E-state index in [1.165, 1.54) is 0 Å². The molecule has 0 aromatic heterocycles. The molecule has 0 fully saturated rings. The zero-order chi connectivity index (χ0) is 19.1. The number of nitrogens with zero attached hydrogens (tertiary/aromatic N) is 1. The molecular formula is C21H16BrClN2O2. The van der Waals surface area contributed by atoms with E-state index in [4.69, 9.17) is 16.3 Å². The van der Waals surface area contributed by atoms with Gasteiger partial charge in [-0.3, -0.25) is 4.79 Å². The van der Waals surface area contributed by atoms with Crippen molar-refractivity contribution in [2.75, 3.05) is 0 Å². The Morgan fingerprint density at radius 1 is 1.07 bits per heavy atom. The molecule has 0 atom stereocenters. The first-order valence-electron chi connectivity index (χ1n) is 8.17. The first kappa shape index (κ1) is 19.1. The number of amides is 1. The summed E-state index contributed by atoms with van der Waals surface area (Å²) in [5.41, 5.74) is 4.74. The summed E-state index contributed by atoms with van der Waals surface area (Å²) in [4.78, 5) is 12.1. The molecule has 136 valence electrons. The number of hydrogen-bond acceptors (Lipinski definition) is 3. The maximum Gasteiger partial charge on any atom is 0.271 e. The van der Waals surface area contributed by atoms with Gasteiger partial charge in [-0.05, 0) is 42.0 Å². The molecule has 27 heavy (non-hydrogen) atoms. The highest BCUT2D eigenvalue weighted by atomic mass is 79.9. The zero-order valence-corrected chi connectivity index (χ0v) is 16.6. The van der Waals surface area contributed by atoms with E-state index in [1.807, 2.05) is 48.5 Å². The summed E-state index contributed by atoms with van der Waals surface area (Å²) in [7, 11) is 0. The van der Waals surface area contributed by atoms with Crippen molar-refractivity contribution in [2.45, 2.75) is 6.61 Å². The van der Waals surface area contributed by atoms with Gasteiger partial charge in [0.25, 0.3) is 5.91 Å². The van der Waals surface area contributed by atoms with Crippen LogP contribution in [0.3, 0.4) is 0 Å². The lowest BCUT2D eigenvalue weighted by atomic mass is 10.2. The van der Waals surface area contributed by atoms with Crippen LogP contribution in [0.4, 0.5) is 0 Å². The van der Waals surface area contributed by atoms with Crippen LogP contribution in [0.15, 0.2) is 82.4 Å². The number of nitrogens with one attached hydrogen (secondary N) is 1. The summed E-state index contributed by atoms with van der Waals surface area (Å²) in [6.07, 6.45) is 1.55. The normalized spacial score (nSPS) is 10.7. The molecule has 4 nitrogen and oxygen atoms in total. The average molecular weight is 444 g/mol. The van der Waals surface area contributed by atoms with Gasteiger partial charge in [-0.2, -0.15) is 5.10 Å². The highest BCUT2D eigenvalue weighted by Crippen LogP contribution is 2.23. The van der Waals surface area contributed by atoms with Gasteiger partial charge in [0.05, 0.1) is 6.21 Å². The standard InChI is InChI=1S/C21H16BrClN2O2/c22-18-9-10-20(27-14-15-5-2-1-3-6-15)17(11-18)13-24-25-21(26)16-7-4-8-19(23)12-16/h1-13H,14H2,(H,25,26)/b24-13-. The van der Waals surface area contributed by atoms with Crippen molar-refractivity contribution < 1.29 is 9.53 Å². The largest absolute Gasteiger partial charge is 0.488 e. The quantitative estimate of drug-likeness (QED) is 0.407. The van der Waals surface area contributed by atoms with Gasteiger partial charge in [-0.1, -0.05) is 63.9 Å². The fraction of sp³-hybridized carbons (Fsp3) is 0.0476.